The van der Waals surface area contributed by atoms with Crippen LogP contribution in [0, 0.1) is 5.92 Å². The molecule has 0 atom stereocenters. The monoisotopic (exact) mass is 577 g/mol. The molecular formula is C36H43N5O2. The van der Waals surface area contributed by atoms with Crippen LogP contribution in [0.15, 0.2) is 89.5 Å². The van der Waals surface area contributed by atoms with E-state index in [0.717, 1.165) is 57.7 Å². The molecule has 4 aromatic rings. The largest absolute Gasteiger partial charge is 0.340 e. The molecule has 0 radical (unpaired) electrons. The second kappa shape index (κ2) is 12.8. The third-order valence-corrected chi connectivity index (χ3v) is 8.99. The minimum Gasteiger partial charge on any atom is -0.340 e. The first-order valence-corrected chi connectivity index (χ1v) is 15.6. The van der Waals surface area contributed by atoms with Crippen LogP contribution < -0.4 is 0 Å². The van der Waals surface area contributed by atoms with E-state index in [1.807, 2.05) is 0 Å². The van der Waals surface area contributed by atoms with Gasteiger partial charge in [-0.25, -0.2) is 0 Å². The highest BCUT2D eigenvalue weighted by atomic mass is 16.5. The molecule has 7 nitrogen and oxygen atoms in total. The Balaban J connectivity index is 0.998. The van der Waals surface area contributed by atoms with Crippen LogP contribution in [0.4, 0.5) is 0 Å². The lowest BCUT2D eigenvalue weighted by Gasteiger charge is -2.41. The third kappa shape index (κ3) is 6.89. The van der Waals surface area contributed by atoms with E-state index in [2.05, 4.69) is 131 Å². The molecule has 2 aliphatic heterocycles. The standard InChI is InChI=1S/C36H43N5O2/c1-36(2,3)31-16-14-29(15-17-31)34-37-32(43-38-34)26-39-20-18-30(19-21-39)35(42)41-24-22-40(23-25-41)33(27-10-6-4-7-11-27)28-12-8-5-9-13-28/h4-17,30,33H,18-26H2,1-3H3. The molecule has 0 bridgehead atoms. The number of nitrogens with zero attached hydrogens (tertiary/aromatic N) is 5. The van der Waals surface area contributed by atoms with E-state index in [4.69, 9.17) is 4.52 Å². The lowest BCUT2D eigenvalue weighted by molar-refractivity contribution is -0.139. The van der Waals surface area contributed by atoms with Gasteiger partial charge in [0.05, 0.1) is 12.6 Å². The summed E-state index contributed by atoms with van der Waals surface area (Å²) in [5, 5.41) is 4.23. The first-order chi connectivity index (χ1) is 20.8. The Morgan fingerprint density at radius 1 is 0.814 bits per heavy atom. The van der Waals surface area contributed by atoms with Gasteiger partial charge in [-0.2, -0.15) is 4.98 Å². The van der Waals surface area contributed by atoms with E-state index in [1.54, 1.807) is 0 Å². The molecule has 0 spiro atoms. The van der Waals surface area contributed by atoms with E-state index in [9.17, 15) is 4.79 Å². The van der Waals surface area contributed by atoms with Crippen molar-refractivity contribution in [2.45, 2.75) is 51.6 Å². The second-order valence-electron chi connectivity index (χ2n) is 13.0. The fraction of sp³-hybridized carbons (Fsp3) is 0.417. The maximum absolute atomic E-state index is 13.5. The Hall–Kier alpha value is -3.81. The van der Waals surface area contributed by atoms with E-state index in [1.165, 1.54) is 16.7 Å². The number of hydrogen-bond donors (Lipinski definition) is 0. The highest BCUT2D eigenvalue weighted by molar-refractivity contribution is 5.79. The number of amides is 1. The minimum absolute atomic E-state index is 0.0846. The molecular weight excluding hydrogens is 534 g/mol. The maximum atomic E-state index is 13.5. The summed E-state index contributed by atoms with van der Waals surface area (Å²) in [6.45, 7) is 12.3. The van der Waals surface area contributed by atoms with Gasteiger partial charge in [-0.1, -0.05) is 111 Å². The van der Waals surface area contributed by atoms with Crippen LogP contribution in [0.2, 0.25) is 0 Å². The lowest BCUT2D eigenvalue weighted by Crippen LogP contribution is -2.52. The number of carbonyl (C=O) groups excluding carboxylic acids is 1. The smallest absolute Gasteiger partial charge is 0.241 e. The van der Waals surface area contributed by atoms with Gasteiger partial charge in [0.1, 0.15) is 0 Å². The van der Waals surface area contributed by atoms with Crippen molar-refractivity contribution in [1.82, 2.24) is 24.8 Å². The van der Waals surface area contributed by atoms with Crippen LogP contribution in [0.3, 0.4) is 0 Å². The van der Waals surface area contributed by atoms with Crippen LogP contribution in [0.1, 0.15) is 62.2 Å². The molecule has 0 aliphatic carbocycles. The van der Waals surface area contributed by atoms with Crippen molar-refractivity contribution in [3.05, 3.63) is 108 Å². The Kier molecular flexibility index (Phi) is 8.73. The van der Waals surface area contributed by atoms with Crippen molar-refractivity contribution < 1.29 is 9.32 Å². The average molecular weight is 578 g/mol. The molecule has 2 fully saturated rings. The van der Waals surface area contributed by atoms with Gasteiger partial charge in [0.15, 0.2) is 0 Å². The van der Waals surface area contributed by atoms with Gasteiger partial charge in [-0.15, -0.1) is 0 Å². The first-order valence-electron chi connectivity index (χ1n) is 15.6. The highest BCUT2D eigenvalue weighted by Gasteiger charge is 2.33. The Bertz CT molecular complexity index is 1420. The molecule has 224 valence electrons. The van der Waals surface area contributed by atoms with Crippen LogP contribution >= 0.6 is 0 Å². The molecule has 3 heterocycles. The molecule has 7 heteroatoms. The predicted molar refractivity (Wildman–Crippen MR) is 169 cm³/mol. The summed E-state index contributed by atoms with van der Waals surface area (Å²) in [4.78, 5) is 25.1. The molecule has 1 amide bonds. The summed E-state index contributed by atoms with van der Waals surface area (Å²) in [6.07, 6.45) is 1.73. The van der Waals surface area contributed by atoms with Crippen molar-refractivity contribution in [1.29, 1.82) is 0 Å². The molecule has 0 N–H and O–H groups in total. The van der Waals surface area contributed by atoms with Gasteiger partial charge in [0, 0.05) is 37.7 Å². The fourth-order valence-corrected chi connectivity index (χ4v) is 6.43. The van der Waals surface area contributed by atoms with E-state index in [0.29, 0.717) is 24.2 Å². The van der Waals surface area contributed by atoms with Crippen LogP contribution in [0.25, 0.3) is 11.4 Å². The SMILES string of the molecule is CC(C)(C)c1ccc(-c2noc(CN3CCC(C(=O)N4CCN(C(c5ccccc5)c5ccccc5)CC4)CC3)n2)cc1. The van der Waals surface area contributed by atoms with Crippen molar-refractivity contribution in [3.63, 3.8) is 0 Å². The summed E-state index contributed by atoms with van der Waals surface area (Å²) < 4.78 is 5.60. The third-order valence-electron chi connectivity index (χ3n) is 8.99. The summed E-state index contributed by atoms with van der Waals surface area (Å²) in [6, 6.07) is 30.0. The zero-order valence-electron chi connectivity index (χ0n) is 25.7. The highest BCUT2D eigenvalue weighted by Crippen LogP contribution is 2.31. The van der Waals surface area contributed by atoms with Crippen molar-refractivity contribution in [2.24, 2.45) is 5.92 Å². The van der Waals surface area contributed by atoms with Crippen molar-refractivity contribution >= 4 is 5.91 Å². The van der Waals surface area contributed by atoms with Crippen molar-refractivity contribution in [3.8, 4) is 11.4 Å². The van der Waals surface area contributed by atoms with Gasteiger partial charge >= 0.3 is 0 Å². The number of rotatable bonds is 7. The predicted octanol–water partition coefficient (Wildman–Crippen LogP) is 6.18. The number of likely N-dealkylation sites (tertiary alicyclic amines) is 1. The molecule has 3 aromatic carbocycles. The molecule has 2 saturated heterocycles. The van der Waals surface area contributed by atoms with E-state index in [-0.39, 0.29) is 17.4 Å². The van der Waals surface area contributed by atoms with Gasteiger partial charge in [-0.3, -0.25) is 14.6 Å². The second-order valence-corrected chi connectivity index (χ2v) is 13.0. The molecule has 0 unspecified atom stereocenters. The quantitative estimate of drug-likeness (QED) is 0.261. The zero-order chi connectivity index (χ0) is 29.8. The van der Waals surface area contributed by atoms with Gasteiger partial charge in [-0.05, 0) is 48.0 Å². The minimum atomic E-state index is 0.0846. The molecule has 43 heavy (non-hydrogen) atoms. The lowest BCUT2D eigenvalue weighted by atomic mass is 9.87. The molecule has 6 rings (SSSR count). The zero-order valence-corrected chi connectivity index (χ0v) is 25.7. The van der Waals surface area contributed by atoms with Crippen LogP contribution in [-0.4, -0.2) is 70.0 Å². The van der Waals surface area contributed by atoms with Crippen molar-refractivity contribution in [2.75, 3.05) is 39.3 Å². The molecule has 0 saturated carbocycles. The molecule has 2 aliphatic rings. The summed E-state index contributed by atoms with van der Waals surface area (Å²) >= 11 is 0. The van der Waals surface area contributed by atoms with E-state index < -0.39 is 0 Å². The molecule has 1 aromatic heterocycles. The van der Waals surface area contributed by atoms with Crippen LogP contribution in [0.5, 0.6) is 0 Å². The number of carbonyl (C=O) groups is 1. The summed E-state index contributed by atoms with van der Waals surface area (Å²) in [5.41, 5.74) is 4.95. The van der Waals surface area contributed by atoms with Gasteiger partial charge in [0.2, 0.25) is 17.6 Å². The van der Waals surface area contributed by atoms with Gasteiger partial charge < -0.3 is 9.42 Å². The maximum Gasteiger partial charge on any atom is 0.241 e. The Morgan fingerprint density at radius 3 is 1.95 bits per heavy atom. The Morgan fingerprint density at radius 2 is 1.40 bits per heavy atom. The summed E-state index contributed by atoms with van der Waals surface area (Å²) in [5.74, 6) is 1.65. The topological polar surface area (TPSA) is 65.7 Å². The fourth-order valence-electron chi connectivity index (χ4n) is 6.43. The number of piperazine rings is 1. The number of benzene rings is 3. The van der Waals surface area contributed by atoms with Gasteiger partial charge in [0.25, 0.3) is 0 Å². The number of hydrogen-bond acceptors (Lipinski definition) is 6. The summed E-state index contributed by atoms with van der Waals surface area (Å²) in [7, 11) is 0. The van der Waals surface area contributed by atoms with Crippen LogP contribution in [-0.2, 0) is 16.8 Å². The first kappa shape index (κ1) is 29.3. The number of piperidine rings is 1. The average Bonchev–Trinajstić information content (AvgIpc) is 3.51. The van der Waals surface area contributed by atoms with E-state index >= 15 is 0 Å². The number of aromatic nitrogens is 2. The normalized spacial score (nSPS) is 17.4. The Labute approximate surface area is 255 Å².